The van der Waals surface area contributed by atoms with Crippen LogP contribution in [-0.4, -0.2) is 43.1 Å². The number of benzene rings is 1. The van der Waals surface area contributed by atoms with Gasteiger partial charge in [0.1, 0.15) is 5.75 Å². The van der Waals surface area contributed by atoms with Gasteiger partial charge in [0, 0.05) is 19.5 Å². The summed E-state index contributed by atoms with van der Waals surface area (Å²) >= 11 is 0. The summed E-state index contributed by atoms with van der Waals surface area (Å²) in [5, 5.41) is 3.34. The molecular weight excluding hydrogens is 264 g/mol. The summed E-state index contributed by atoms with van der Waals surface area (Å²) in [6, 6.07) is 4.56. The molecule has 0 aliphatic carbocycles. The van der Waals surface area contributed by atoms with Crippen molar-refractivity contribution in [1.29, 1.82) is 0 Å². The first-order valence-electron chi connectivity index (χ1n) is 7.80. The Labute approximate surface area is 126 Å². The van der Waals surface area contributed by atoms with Gasteiger partial charge in [-0.15, -0.1) is 0 Å². The molecule has 0 bridgehead atoms. The molecule has 1 unspecified atom stereocenters. The van der Waals surface area contributed by atoms with E-state index in [0.717, 1.165) is 37.2 Å². The van der Waals surface area contributed by atoms with Crippen LogP contribution in [0.15, 0.2) is 12.1 Å². The van der Waals surface area contributed by atoms with Crippen LogP contribution in [0, 0.1) is 13.8 Å². The van der Waals surface area contributed by atoms with Crippen LogP contribution in [0.3, 0.4) is 0 Å². The lowest BCUT2D eigenvalue weighted by atomic mass is 10.0. The fraction of sp³-hybridized carbons (Fsp3) is 0.588. The van der Waals surface area contributed by atoms with E-state index in [0.29, 0.717) is 12.5 Å². The maximum Gasteiger partial charge on any atom is 0.263 e. The summed E-state index contributed by atoms with van der Waals surface area (Å²) in [6.07, 6.45) is 2.41. The fourth-order valence-corrected chi connectivity index (χ4v) is 3.25. The van der Waals surface area contributed by atoms with Gasteiger partial charge in [-0.2, -0.15) is 0 Å². The van der Waals surface area contributed by atoms with E-state index >= 15 is 0 Å². The number of hydrogen-bond acceptors (Lipinski definition) is 3. The van der Waals surface area contributed by atoms with Gasteiger partial charge in [0.2, 0.25) is 0 Å². The van der Waals surface area contributed by atoms with Crippen molar-refractivity contribution < 1.29 is 9.53 Å². The number of piperidine rings is 1. The first kappa shape index (κ1) is 14.4. The van der Waals surface area contributed by atoms with Gasteiger partial charge < -0.3 is 15.0 Å². The molecule has 1 amide bonds. The van der Waals surface area contributed by atoms with Crippen molar-refractivity contribution in [2.45, 2.75) is 45.3 Å². The minimum Gasteiger partial charge on any atom is -0.480 e. The predicted molar refractivity (Wildman–Crippen MR) is 82.7 cm³/mol. The van der Waals surface area contributed by atoms with Crippen molar-refractivity contribution in [3.8, 4) is 5.75 Å². The molecule has 1 aromatic carbocycles. The van der Waals surface area contributed by atoms with Crippen molar-refractivity contribution in [2.24, 2.45) is 0 Å². The number of rotatable bonds is 2. The Balaban J connectivity index is 1.70. The van der Waals surface area contributed by atoms with Crippen molar-refractivity contribution >= 4 is 5.91 Å². The van der Waals surface area contributed by atoms with E-state index in [1.165, 1.54) is 11.1 Å². The lowest BCUT2D eigenvalue weighted by molar-refractivity contribution is -0.139. The molecule has 1 saturated heterocycles. The van der Waals surface area contributed by atoms with Crippen molar-refractivity contribution in [1.82, 2.24) is 10.2 Å². The minimum absolute atomic E-state index is 0.119. The SMILES string of the molecule is Cc1cc2c(cc1C)OC(C(=O)N(C)C1CCNCC1)C2. The topological polar surface area (TPSA) is 41.6 Å². The van der Waals surface area contributed by atoms with Crippen LogP contribution >= 0.6 is 0 Å². The highest BCUT2D eigenvalue weighted by Gasteiger charge is 2.34. The van der Waals surface area contributed by atoms with Gasteiger partial charge in [0.25, 0.3) is 5.91 Å². The van der Waals surface area contributed by atoms with E-state index in [-0.39, 0.29) is 12.0 Å². The largest absolute Gasteiger partial charge is 0.480 e. The smallest absolute Gasteiger partial charge is 0.263 e. The van der Waals surface area contributed by atoms with E-state index in [1.54, 1.807) is 0 Å². The molecule has 1 aromatic rings. The zero-order chi connectivity index (χ0) is 15.0. The van der Waals surface area contributed by atoms with Gasteiger partial charge in [0.15, 0.2) is 6.10 Å². The highest BCUT2D eigenvalue weighted by molar-refractivity contribution is 5.82. The summed E-state index contributed by atoms with van der Waals surface area (Å²) in [5.74, 6) is 1.00. The number of ether oxygens (including phenoxy) is 1. The molecule has 3 rings (SSSR count). The Morgan fingerprint density at radius 3 is 2.62 bits per heavy atom. The van der Waals surface area contributed by atoms with Crippen LogP contribution < -0.4 is 10.1 Å². The highest BCUT2D eigenvalue weighted by Crippen LogP contribution is 2.32. The maximum atomic E-state index is 12.7. The van der Waals surface area contributed by atoms with E-state index in [9.17, 15) is 4.79 Å². The first-order valence-corrected chi connectivity index (χ1v) is 7.80. The molecular formula is C17H24N2O2. The number of carbonyl (C=O) groups excluding carboxylic acids is 1. The standard InChI is InChI=1S/C17H24N2O2/c1-11-8-13-10-16(21-15(13)9-12(11)2)17(20)19(3)14-4-6-18-7-5-14/h8-9,14,16,18H,4-7,10H2,1-3H3. The number of fused-ring (bicyclic) bond motifs is 1. The maximum absolute atomic E-state index is 12.7. The van der Waals surface area contributed by atoms with E-state index < -0.39 is 0 Å². The minimum atomic E-state index is -0.346. The Bertz CT molecular complexity index is 519. The quantitative estimate of drug-likeness (QED) is 0.902. The molecule has 1 atom stereocenters. The molecule has 0 radical (unpaired) electrons. The molecule has 2 aliphatic rings. The van der Waals surface area contributed by atoms with Crippen LogP contribution in [0.5, 0.6) is 5.75 Å². The second-order valence-corrected chi connectivity index (χ2v) is 6.29. The van der Waals surface area contributed by atoms with Crippen molar-refractivity contribution in [3.63, 3.8) is 0 Å². The molecule has 0 saturated carbocycles. The van der Waals surface area contributed by atoms with Crippen LogP contribution in [0.1, 0.15) is 29.5 Å². The zero-order valence-corrected chi connectivity index (χ0v) is 13.1. The van der Waals surface area contributed by atoms with E-state index in [2.05, 4.69) is 31.3 Å². The summed E-state index contributed by atoms with van der Waals surface area (Å²) in [5.41, 5.74) is 3.64. The number of amides is 1. The Hall–Kier alpha value is -1.55. The third-order valence-corrected chi connectivity index (χ3v) is 4.83. The summed E-state index contributed by atoms with van der Waals surface area (Å²) in [6.45, 7) is 6.17. The molecule has 1 N–H and O–H groups in total. The average Bonchev–Trinajstić information content (AvgIpc) is 2.90. The zero-order valence-electron chi connectivity index (χ0n) is 13.1. The second kappa shape index (κ2) is 5.68. The lowest BCUT2D eigenvalue weighted by Crippen LogP contribution is -2.48. The Kier molecular flexibility index (Phi) is 3.89. The number of carbonyl (C=O) groups is 1. The van der Waals surface area contributed by atoms with Crippen LogP contribution in [0.4, 0.5) is 0 Å². The molecule has 0 spiro atoms. The van der Waals surface area contributed by atoms with Gasteiger partial charge in [-0.25, -0.2) is 0 Å². The monoisotopic (exact) mass is 288 g/mol. The third kappa shape index (κ3) is 2.77. The van der Waals surface area contributed by atoms with Crippen molar-refractivity contribution in [2.75, 3.05) is 20.1 Å². The van der Waals surface area contributed by atoms with Crippen molar-refractivity contribution in [3.05, 3.63) is 28.8 Å². The van der Waals surface area contributed by atoms with Gasteiger partial charge in [-0.1, -0.05) is 6.07 Å². The predicted octanol–water partition coefficient (Wildman–Crippen LogP) is 1.82. The third-order valence-electron chi connectivity index (χ3n) is 4.83. The number of hydrogen-bond donors (Lipinski definition) is 1. The molecule has 2 heterocycles. The Morgan fingerprint density at radius 1 is 1.24 bits per heavy atom. The van der Waals surface area contributed by atoms with Crippen LogP contribution in [0.25, 0.3) is 0 Å². The van der Waals surface area contributed by atoms with Gasteiger partial charge >= 0.3 is 0 Å². The molecule has 2 aliphatic heterocycles. The van der Waals surface area contributed by atoms with Gasteiger partial charge in [-0.05, 0) is 62.5 Å². The normalized spacial score (nSPS) is 21.8. The molecule has 1 fully saturated rings. The summed E-state index contributed by atoms with van der Waals surface area (Å²) < 4.78 is 5.91. The number of nitrogens with one attached hydrogen (secondary N) is 1. The fourth-order valence-electron chi connectivity index (χ4n) is 3.25. The first-order chi connectivity index (χ1) is 10.1. The van der Waals surface area contributed by atoms with Crippen LogP contribution in [0.2, 0.25) is 0 Å². The molecule has 0 aromatic heterocycles. The number of aryl methyl sites for hydroxylation is 2. The van der Waals surface area contributed by atoms with Gasteiger partial charge in [0.05, 0.1) is 0 Å². The molecule has 114 valence electrons. The summed E-state index contributed by atoms with van der Waals surface area (Å²) in [7, 11) is 1.92. The van der Waals surface area contributed by atoms with Crippen LogP contribution in [-0.2, 0) is 11.2 Å². The van der Waals surface area contributed by atoms with E-state index in [1.807, 2.05) is 11.9 Å². The number of likely N-dealkylation sites (N-methyl/N-ethyl adjacent to an activating group) is 1. The Morgan fingerprint density at radius 2 is 1.90 bits per heavy atom. The molecule has 4 nitrogen and oxygen atoms in total. The second-order valence-electron chi connectivity index (χ2n) is 6.29. The highest BCUT2D eigenvalue weighted by atomic mass is 16.5. The molecule has 21 heavy (non-hydrogen) atoms. The van der Waals surface area contributed by atoms with E-state index in [4.69, 9.17) is 4.74 Å². The summed E-state index contributed by atoms with van der Waals surface area (Å²) in [4.78, 5) is 14.6. The van der Waals surface area contributed by atoms with Gasteiger partial charge in [-0.3, -0.25) is 4.79 Å². The molecule has 4 heteroatoms. The average molecular weight is 288 g/mol. The lowest BCUT2D eigenvalue weighted by Gasteiger charge is -2.32. The number of nitrogens with zero attached hydrogens (tertiary/aromatic N) is 1.